The van der Waals surface area contributed by atoms with Gasteiger partial charge in [-0.25, -0.2) is 0 Å². The fraction of sp³-hybridized carbons (Fsp3) is 1.00. The van der Waals surface area contributed by atoms with Crippen molar-refractivity contribution in [2.75, 3.05) is 14.2 Å². The molecule has 0 aliphatic rings. The van der Waals surface area contributed by atoms with E-state index in [0.717, 1.165) is 33.2 Å². The largest absolute Gasteiger partial charge is 0.403 e. The lowest BCUT2D eigenvalue weighted by atomic mass is 10.6. The van der Waals surface area contributed by atoms with Crippen molar-refractivity contribution in [3.8, 4) is 0 Å². The highest BCUT2D eigenvalue weighted by atomic mass is 29.8. The van der Waals surface area contributed by atoms with Crippen LogP contribution in [0.3, 0.4) is 0 Å². The molecule has 0 aromatic carbocycles. The highest BCUT2D eigenvalue weighted by molar-refractivity contribution is 7.75. The van der Waals surface area contributed by atoms with Crippen LogP contribution in [0.15, 0.2) is 0 Å². The molecule has 2 radical (unpaired) electrons. The molecule has 0 aliphatic heterocycles. The Morgan fingerprint density at radius 1 is 0.320 bits per heavy atom. The molecule has 0 aromatic heterocycles. The Balaban J connectivity index is 9.84. The van der Waals surface area contributed by atoms with E-state index in [1.165, 1.54) is 0 Å². The van der Waals surface area contributed by atoms with E-state index in [1.807, 2.05) is 0 Å². The van der Waals surface area contributed by atoms with Crippen LogP contribution in [0.4, 0.5) is 0 Å². The lowest BCUT2D eigenvalue weighted by molar-refractivity contribution is 0.282. The van der Waals surface area contributed by atoms with Crippen LogP contribution < -0.4 is 0 Å². The molecule has 0 saturated heterocycles. The molecule has 14 heteroatoms. The predicted octanol–water partition coefficient (Wildman–Crippen LogP) is 13.7. The first-order chi connectivity index (χ1) is 21.4. The number of hydrogen-bond donors (Lipinski definition) is 0. The van der Waals surface area contributed by atoms with Crippen molar-refractivity contribution in [1.29, 1.82) is 0 Å². The van der Waals surface area contributed by atoms with Gasteiger partial charge >= 0.3 is 0 Å². The second kappa shape index (κ2) is 16.4. The van der Waals surface area contributed by atoms with E-state index < -0.39 is 87.4 Å². The third-order valence-corrected chi connectivity index (χ3v) is 126. The average molecular weight is 898 g/mol. The lowest BCUT2D eigenvalue weighted by Gasteiger charge is -2.69. The maximum Gasteiger partial charge on any atom is 0.287 e. The van der Waals surface area contributed by atoms with Crippen molar-refractivity contribution in [2.24, 2.45) is 0 Å². The Kier molecular flexibility index (Phi) is 17.2. The Morgan fingerprint density at radius 3 is 0.640 bits per heavy atom. The molecule has 300 valence electrons. The van der Waals surface area contributed by atoms with Crippen molar-refractivity contribution in [3.63, 3.8) is 0 Å². The summed E-state index contributed by atoms with van der Waals surface area (Å²) in [7, 11) is -15.2. The van der Waals surface area contributed by atoms with Gasteiger partial charge in [0.05, 0.1) is 8.55 Å². The van der Waals surface area contributed by atoms with Crippen molar-refractivity contribution >= 4 is 95.9 Å². The number of hydrogen-bond acceptors (Lipinski definition) is 2. The van der Waals surface area contributed by atoms with Crippen LogP contribution >= 0.6 is 0 Å². The highest BCUT2D eigenvalue weighted by Gasteiger charge is 2.77. The summed E-state index contributed by atoms with van der Waals surface area (Å²) in [6.45, 7) is 78.3. The van der Waals surface area contributed by atoms with Crippen molar-refractivity contribution in [2.45, 2.75) is 215 Å². The minimum atomic E-state index is -2.83. The minimum Gasteiger partial charge on any atom is -0.403 e. The molecule has 50 heavy (non-hydrogen) atoms. The quantitative estimate of drug-likeness (QED) is 0.120. The molecule has 0 saturated carbocycles. The molecule has 0 N–H and O–H groups in total. The van der Waals surface area contributed by atoms with Crippen LogP contribution in [0.1, 0.15) is 27.7 Å². The zero-order valence-electron chi connectivity index (χ0n) is 40.3. The summed E-state index contributed by atoms with van der Waals surface area (Å²) >= 11 is 0. The molecule has 0 atom stereocenters. The van der Waals surface area contributed by atoms with Crippen LogP contribution in [0.2, 0.25) is 187 Å². The average Bonchev–Trinajstić information content (AvgIpc) is 2.73. The first-order valence-corrected chi connectivity index (χ1v) is 59.2. The van der Waals surface area contributed by atoms with Gasteiger partial charge in [0.25, 0.3) is 7.60 Å². The summed E-state index contributed by atoms with van der Waals surface area (Å²) in [6.07, 6.45) is 0. The molecule has 0 fully saturated rings. The Labute approximate surface area is 331 Å². The van der Waals surface area contributed by atoms with Crippen LogP contribution in [0.5, 0.6) is 0 Å². The Bertz CT molecular complexity index is 962. The maximum absolute atomic E-state index is 7.89. The topological polar surface area (TPSA) is 18.5 Å². The standard InChI is InChI=1S/C36H96O2Si12/c1-31(2)48(33(40(7,8)9)41(10,11)12,34(42(13,14)15)43(16,17)18)39-50(37-5,38-6)49(32(3)4,35(44(19,20)21)45(22,23)24)36(46(25,26)27)47(28,29)30/h31-36H,1-30H3. The minimum absolute atomic E-state index is 0.668. The van der Waals surface area contributed by atoms with E-state index in [9.17, 15) is 0 Å². The lowest BCUT2D eigenvalue weighted by Crippen LogP contribution is -2.88. The predicted molar refractivity (Wildman–Crippen MR) is 269 cm³/mol. The SMILES string of the molecule is CO[Si](OC)([Si][Si](C(C)C)(C([Si](C)(C)C)[Si](C)(C)C)C([Si](C)(C)C)[Si](C)(C)C)[Si](C(C)C)(C([Si](C)(C)C)[Si](C)(C)C)C([Si](C)(C)C)[Si](C)(C)C. The molecular formula is C36H96O2Si12. The summed E-state index contributed by atoms with van der Waals surface area (Å²) in [5, 5.41) is 0. The molecule has 0 amide bonds. The third kappa shape index (κ3) is 10.7. The second-order valence-electron chi connectivity index (χ2n) is 26.0. The molecule has 2 nitrogen and oxygen atoms in total. The summed E-state index contributed by atoms with van der Waals surface area (Å²) in [5.41, 5.74) is 1.42. The van der Waals surface area contributed by atoms with Gasteiger partial charge in [0, 0.05) is 86.4 Å². The van der Waals surface area contributed by atoms with Gasteiger partial charge in [-0.1, -0.05) is 210 Å². The van der Waals surface area contributed by atoms with Gasteiger partial charge in [-0.05, 0) is 5.54 Å². The van der Waals surface area contributed by atoms with E-state index in [2.05, 4.69) is 199 Å². The van der Waals surface area contributed by atoms with Crippen LogP contribution in [-0.2, 0) is 8.85 Å². The molecule has 0 heterocycles. The van der Waals surface area contributed by atoms with E-state index in [-0.39, 0.29) is 0 Å². The first-order valence-electron chi connectivity index (χ1n) is 20.3. The number of rotatable bonds is 19. The summed E-state index contributed by atoms with van der Waals surface area (Å²) in [5.74, 6) is 0. The van der Waals surface area contributed by atoms with Crippen molar-refractivity contribution in [3.05, 3.63) is 0 Å². The molecule has 0 aliphatic carbocycles. The van der Waals surface area contributed by atoms with Crippen LogP contribution in [0.25, 0.3) is 0 Å². The first kappa shape index (κ1) is 52.5. The summed E-state index contributed by atoms with van der Waals surface area (Å²) < 4.78 is 15.8. The zero-order valence-corrected chi connectivity index (χ0v) is 52.3. The normalized spacial score (nSPS) is 16.3. The fourth-order valence-corrected chi connectivity index (χ4v) is 219. The van der Waals surface area contributed by atoms with Crippen molar-refractivity contribution < 1.29 is 8.85 Å². The van der Waals surface area contributed by atoms with E-state index in [1.54, 1.807) is 0 Å². The second-order valence-corrected chi connectivity index (χ2v) is 99.7. The molecule has 0 spiro atoms. The van der Waals surface area contributed by atoms with Gasteiger partial charge in [-0.3, -0.25) is 0 Å². The molecule has 0 rings (SSSR count). The maximum atomic E-state index is 7.89. The van der Waals surface area contributed by atoms with E-state index >= 15 is 0 Å². The monoisotopic (exact) mass is 896 g/mol. The molecule has 0 aromatic rings. The van der Waals surface area contributed by atoms with Gasteiger partial charge in [-0.2, -0.15) is 0 Å². The van der Waals surface area contributed by atoms with Gasteiger partial charge in [0.2, 0.25) is 0 Å². The summed E-state index contributed by atoms with van der Waals surface area (Å²) in [6, 6.07) is 0. The van der Waals surface area contributed by atoms with Crippen LogP contribution in [-0.4, -0.2) is 110 Å². The molecule has 0 unspecified atom stereocenters. The smallest absolute Gasteiger partial charge is 0.287 e. The fourth-order valence-electron chi connectivity index (χ4n) is 14.6. The molecular weight excluding hydrogens is 801 g/mol. The zero-order chi connectivity index (χ0) is 41.1. The Hall–Kier alpha value is 2.52. The van der Waals surface area contributed by atoms with E-state index in [4.69, 9.17) is 8.85 Å². The highest BCUT2D eigenvalue weighted by Crippen LogP contribution is 2.63. The van der Waals surface area contributed by atoms with Gasteiger partial charge in [-0.15, -0.1) is 0 Å². The van der Waals surface area contributed by atoms with Crippen molar-refractivity contribution in [1.82, 2.24) is 0 Å². The van der Waals surface area contributed by atoms with Crippen LogP contribution in [0, 0.1) is 0 Å². The Morgan fingerprint density at radius 2 is 0.520 bits per heavy atom. The third-order valence-electron chi connectivity index (χ3n) is 12.3. The summed E-state index contributed by atoms with van der Waals surface area (Å²) in [4.78, 5) is 3.65. The van der Waals surface area contributed by atoms with Gasteiger partial charge < -0.3 is 8.85 Å². The van der Waals surface area contributed by atoms with Gasteiger partial charge in [0.15, 0.2) is 0 Å². The van der Waals surface area contributed by atoms with Gasteiger partial charge in [0.1, 0.15) is 7.59 Å². The molecule has 0 bridgehead atoms. The van der Waals surface area contributed by atoms with E-state index in [0.29, 0.717) is 5.54 Å².